The maximum atomic E-state index is 12.7. The van der Waals surface area contributed by atoms with Gasteiger partial charge >= 0.3 is 0 Å². The molecule has 0 bridgehead atoms. The lowest BCUT2D eigenvalue weighted by Crippen LogP contribution is -2.47. The Morgan fingerprint density at radius 2 is 2.12 bits per heavy atom. The molecular weight excluding hydrogens is 318 g/mol. The van der Waals surface area contributed by atoms with Crippen molar-refractivity contribution in [1.29, 1.82) is 0 Å². The Hall–Kier alpha value is -1.66. The number of carbonyl (C=O) groups is 1. The number of amides is 1. The fraction of sp³-hybridized carbons (Fsp3) is 0.684. The van der Waals surface area contributed by atoms with E-state index in [0.29, 0.717) is 44.3 Å². The maximum absolute atomic E-state index is 12.7. The molecule has 3 fully saturated rings. The van der Waals surface area contributed by atoms with Crippen molar-refractivity contribution in [3.63, 3.8) is 0 Å². The van der Waals surface area contributed by atoms with Crippen molar-refractivity contribution in [3.05, 3.63) is 23.9 Å². The van der Waals surface area contributed by atoms with E-state index < -0.39 is 5.60 Å². The first kappa shape index (κ1) is 16.8. The van der Waals surface area contributed by atoms with Crippen LogP contribution in [0.15, 0.2) is 18.3 Å². The number of carbonyl (C=O) groups excluding carboxylic acids is 1. The van der Waals surface area contributed by atoms with E-state index in [4.69, 9.17) is 4.74 Å². The van der Waals surface area contributed by atoms with Gasteiger partial charge in [0.2, 0.25) is 0 Å². The summed E-state index contributed by atoms with van der Waals surface area (Å²) in [5, 5.41) is 11.1. The minimum atomic E-state index is -0.621. The van der Waals surface area contributed by atoms with Crippen LogP contribution in [0.5, 0.6) is 0 Å². The summed E-state index contributed by atoms with van der Waals surface area (Å²) >= 11 is 0. The predicted molar refractivity (Wildman–Crippen MR) is 94.6 cm³/mol. The number of anilines is 1. The molecule has 3 heterocycles. The van der Waals surface area contributed by atoms with E-state index in [9.17, 15) is 9.90 Å². The largest absolute Gasteiger partial charge is 0.387 e. The van der Waals surface area contributed by atoms with E-state index >= 15 is 0 Å². The van der Waals surface area contributed by atoms with Gasteiger partial charge in [-0.1, -0.05) is 13.3 Å². The highest BCUT2D eigenvalue weighted by Gasteiger charge is 2.50. The zero-order valence-electron chi connectivity index (χ0n) is 14.9. The van der Waals surface area contributed by atoms with Gasteiger partial charge in [0.1, 0.15) is 5.82 Å². The summed E-state index contributed by atoms with van der Waals surface area (Å²) in [4.78, 5) is 21.1. The normalized spacial score (nSPS) is 30.4. The molecule has 136 valence electrons. The molecule has 1 saturated carbocycles. The van der Waals surface area contributed by atoms with Gasteiger partial charge < -0.3 is 19.6 Å². The van der Waals surface area contributed by atoms with Gasteiger partial charge in [0, 0.05) is 43.9 Å². The molecule has 3 aliphatic rings. The van der Waals surface area contributed by atoms with Crippen molar-refractivity contribution >= 4 is 11.7 Å². The van der Waals surface area contributed by atoms with Crippen LogP contribution in [0, 0.1) is 11.8 Å². The molecule has 2 unspecified atom stereocenters. The van der Waals surface area contributed by atoms with Crippen LogP contribution < -0.4 is 4.90 Å². The number of pyridine rings is 1. The van der Waals surface area contributed by atoms with Crippen LogP contribution in [0.3, 0.4) is 0 Å². The highest BCUT2D eigenvalue weighted by Crippen LogP contribution is 2.44. The van der Waals surface area contributed by atoms with Crippen LogP contribution in [0.2, 0.25) is 0 Å². The summed E-state index contributed by atoms with van der Waals surface area (Å²) in [5.41, 5.74) is 0.0445. The molecule has 1 aromatic rings. The fourth-order valence-corrected chi connectivity index (χ4v) is 4.30. The summed E-state index contributed by atoms with van der Waals surface area (Å²) in [6.07, 6.45) is 5.17. The Kier molecular flexibility index (Phi) is 4.41. The van der Waals surface area contributed by atoms with Gasteiger partial charge in [-0.15, -0.1) is 0 Å². The molecule has 6 nitrogen and oxygen atoms in total. The summed E-state index contributed by atoms with van der Waals surface area (Å²) in [7, 11) is 0. The number of β-amino-alcohol motifs (C(OH)–C–C–N with tert-alkyl or cyclic N) is 1. The van der Waals surface area contributed by atoms with E-state index in [0.717, 1.165) is 25.2 Å². The first-order chi connectivity index (χ1) is 12.1. The topological polar surface area (TPSA) is 65.9 Å². The zero-order valence-corrected chi connectivity index (χ0v) is 14.9. The van der Waals surface area contributed by atoms with Gasteiger partial charge in [-0.05, 0) is 30.9 Å². The number of ether oxygens (including phenoxy) is 1. The first-order valence-electron chi connectivity index (χ1n) is 9.38. The van der Waals surface area contributed by atoms with Crippen molar-refractivity contribution < 1.29 is 14.6 Å². The van der Waals surface area contributed by atoms with E-state index in [1.54, 1.807) is 12.3 Å². The summed E-state index contributed by atoms with van der Waals surface area (Å²) in [6, 6.07) is 3.65. The molecular formula is C19H27N3O3. The van der Waals surface area contributed by atoms with Crippen molar-refractivity contribution in [3.8, 4) is 0 Å². The summed E-state index contributed by atoms with van der Waals surface area (Å²) in [5.74, 6) is 1.46. The Bertz CT molecular complexity index is 643. The molecule has 25 heavy (non-hydrogen) atoms. The Balaban J connectivity index is 1.50. The molecule has 1 aromatic heterocycles. The highest BCUT2D eigenvalue weighted by molar-refractivity contribution is 5.95. The first-order valence-corrected chi connectivity index (χ1v) is 9.38. The predicted octanol–water partition coefficient (Wildman–Crippen LogP) is 1.54. The van der Waals surface area contributed by atoms with Crippen LogP contribution in [0.1, 0.15) is 36.5 Å². The van der Waals surface area contributed by atoms with Crippen molar-refractivity contribution in [1.82, 2.24) is 9.88 Å². The zero-order chi connectivity index (χ0) is 17.4. The molecule has 2 atom stereocenters. The average Bonchev–Trinajstić information content (AvgIpc) is 2.89. The number of rotatable bonds is 3. The molecule has 0 spiro atoms. The van der Waals surface area contributed by atoms with Crippen LogP contribution in [0.25, 0.3) is 0 Å². The maximum Gasteiger partial charge on any atom is 0.254 e. The number of hydrogen-bond acceptors (Lipinski definition) is 5. The van der Waals surface area contributed by atoms with E-state index in [-0.39, 0.29) is 11.8 Å². The van der Waals surface area contributed by atoms with Gasteiger partial charge in [0.15, 0.2) is 0 Å². The van der Waals surface area contributed by atoms with Gasteiger partial charge in [0.05, 0.1) is 18.8 Å². The SMILES string of the molecule is CC1CN(c2cc(C(=O)N3CCOCC3)ccn2)CC1(O)C1CCC1. The standard InChI is InChI=1S/C19H27N3O3/c1-14-12-22(13-19(14,24)16-3-2-4-16)17-11-15(5-6-20-17)18(23)21-7-9-25-10-8-21/h5-6,11,14,16,24H,2-4,7-10,12-13H2,1H3. The minimum Gasteiger partial charge on any atom is -0.387 e. The molecule has 0 aromatic carbocycles. The van der Waals surface area contributed by atoms with Gasteiger partial charge in [-0.25, -0.2) is 4.98 Å². The quantitative estimate of drug-likeness (QED) is 0.900. The molecule has 1 aliphatic carbocycles. The second-order valence-corrected chi connectivity index (χ2v) is 7.71. The Morgan fingerprint density at radius 1 is 1.36 bits per heavy atom. The number of hydrogen-bond donors (Lipinski definition) is 1. The Morgan fingerprint density at radius 3 is 2.80 bits per heavy atom. The smallest absolute Gasteiger partial charge is 0.254 e. The van der Waals surface area contributed by atoms with Gasteiger partial charge in [0.25, 0.3) is 5.91 Å². The second-order valence-electron chi connectivity index (χ2n) is 7.71. The second kappa shape index (κ2) is 6.57. The molecule has 2 aliphatic heterocycles. The van der Waals surface area contributed by atoms with Gasteiger partial charge in [-0.2, -0.15) is 0 Å². The molecule has 1 N–H and O–H groups in total. The minimum absolute atomic E-state index is 0.0356. The molecule has 0 radical (unpaired) electrons. The van der Waals surface area contributed by atoms with Crippen LogP contribution in [-0.2, 0) is 4.74 Å². The number of morpholine rings is 1. The van der Waals surface area contributed by atoms with E-state index in [1.165, 1.54) is 6.42 Å². The number of aliphatic hydroxyl groups is 1. The lowest BCUT2D eigenvalue weighted by atomic mass is 9.69. The van der Waals surface area contributed by atoms with E-state index in [2.05, 4.69) is 16.8 Å². The fourth-order valence-electron chi connectivity index (χ4n) is 4.30. The third-order valence-corrected chi connectivity index (χ3v) is 6.22. The van der Waals surface area contributed by atoms with Gasteiger partial charge in [-0.3, -0.25) is 4.79 Å². The lowest BCUT2D eigenvalue weighted by Gasteiger charge is -2.41. The highest BCUT2D eigenvalue weighted by atomic mass is 16.5. The van der Waals surface area contributed by atoms with Crippen molar-refractivity contribution in [2.24, 2.45) is 11.8 Å². The summed E-state index contributed by atoms with van der Waals surface area (Å²) in [6.45, 7) is 6.00. The molecule has 2 saturated heterocycles. The number of aromatic nitrogens is 1. The van der Waals surface area contributed by atoms with E-state index in [1.807, 2.05) is 11.0 Å². The van der Waals surface area contributed by atoms with Crippen molar-refractivity contribution in [2.45, 2.75) is 31.8 Å². The molecule has 1 amide bonds. The molecule has 4 rings (SSSR count). The molecule has 6 heteroatoms. The summed E-state index contributed by atoms with van der Waals surface area (Å²) < 4.78 is 5.32. The van der Waals surface area contributed by atoms with Crippen LogP contribution >= 0.6 is 0 Å². The lowest BCUT2D eigenvalue weighted by molar-refractivity contribution is -0.0615. The number of nitrogens with zero attached hydrogens (tertiary/aromatic N) is 3. The third-order valence-electron chi connectivity index (χ3n) is 6.22. The van der Waals surface area contributed by atoms with Crippen LogP contribution in [0.4, 0.5) is 5.82 Å². The van der Waals surface area contributed by atoms with Crippen molar-refractivity contribution in [2.75, 3.05) is 44.3 Å². The Labute approximate surface area is 148 Å². The third kappa shape index (κ3) is 3.02. The van der Waals surface area contributed by atoms with Crippen LogP contribution in [-0.4, -0.2) is 65.9 Å². The monoisotopic (exact) mass is 345 g/mol. The average molecular weight is 345 g/mol.